The lowest BCUT2D eigenvalue weighted by atomic mass is 10.0. The molecule has 0 fully saturated rings. The smallest absolute Gasteiger partial charge is 0.0160 e. The van der Waals surface area contributed by atoms with Gasteiger partial charge in [0.25, 0.3) is 0 Å². The first-order chi connectivity index (χ1) is 4.29. The van der Waals surface area contributed by atoms with E-state index in [0.29, 0.717) is 0 Å². The molecule has 1 aliphatic rings. The molecule has 3 radical (unpaired) electrons. The van der Waals surface area contributed by atoms with Gasteiger partial charge in [0.05, 0.1) is 0 Å². The minimum atomic E-state index is 0.941. The highest BCUT2D eigenvalue weighted by Crippen LogP contribution is 2.17. The van der Waals surface area contributed by atoms with Crippen LogP contribution in [0.1, 0.15) is 12.8 Å². The summed E-state index contributed by atoms with van der Waals surface area (Å²) < 4.78 is 0. The predicted octanol–water partition coefficient (Wildman–Crippen LogP) is 2.51. The van der Waals surface area contributed by atoms with Crippen LogP contribution in [0.2, 0.25) is 0 Å². The summed E-state index contributed by atoms with van der Waals surface area (Å²) in [7, 11) is 0. The minimum Gasteiger partial charge on any atom is -0.0805 e. The molecule has 0 aromatic carbocycles. The standard InChI is InChI=1S/C9H11/c1-8(2)7-9-5-3-4-6-9/h3,5-6H,1-2,4,7H2. The maximum atomic E-state index is 3.73. The van der Waals surface area contributed by atoms with Crippen molar-refractivity contribution in [1.29, 1.82) is 0 Å². The zero-order valence-electron chi connectivity index (χ0n) is 5.56. The zero-order chi connectivity index (χ0) is 6.69. The molecular weight excluding hydrogens is 108 g/mol. The third-order valence-electron chi connectivity index (χ3n) is 1.30. The molecule has 1 rings (SSSR count). The van der Waals surface area contributed by atoms with E-state index in [0.717, 1.165) is 18.8 Å². The van der Waals surface area contributed by atoms with Crippen LogP contribution in [0.25, 0.3) is 0 Å². The van der Waals surface area contributed by atoms with Crippen molar-refractivity contribution in [3.63, 3.8) is 0 Å². The fourth-order valence-electron chi connectivity index (χ4n) is 0.927. The molecule has 0 heteroatoms. The van der Waals surface area contributed by atoms with Crippen molar-refractivity contribution in [1.82, 2.24) is 0 Å². The number of hydrogen-bond acceptors (Lipinski definition) is 0. The second kappa shape index (κ2) is 2.86. The quantitative estimate of drug-likeness (QED) is 0.524. The second-order valence-corrected chi connectivity index (χ2v) is 2.34. The van der Waals surface area contributed by atoms with Crippen LogP contribution in [0.15, 0.2) is 23.8 Å². The Morgan fingerprint density at radius 3 is 2.78 bits per heavy atom. The average molecular weight is 119 g/mol. The Bertz CT molecular complexity index is 138. The SMILES string of the molecule is [CH2][C]([CH2])CC1=CCC=C1. The fraction of sp³-hybridized carbons (Fsp3) is 0.222. The molecule has 0 saturated carbocycles. The zero-order valence-corrected chi connectivity index (χ0v) is 5.56. The average Bonchev–Trinajstić information content (AvgIpc) is 2.15. The van der Waals surface area contributed by atoms with E-state index in [4.69, 9.17) is 0 Å². The fourth-order valence-corrected chi connectivity index (χ4v) is 0.927. The Morgan fingerprint density at radius 1 is 1.56 bits per heavy atom. The van der Waals surface area contributed by atoms with Gasteiger partial charge in [-0.25, -0.2) is 0 Å². The largest absolute Gasteiger partial charge is 0.0805 e. The van der Waals surface area contributed by atoms with E-state index in [-0.39, 0.29) is 0 Å². The first-order valence-corrected chi connectivity index (χ1v) is 3.14. The Hall–Kier alpha value is -0.520. The van der Waals surface area contributed by atoms with Crippen molar-refractivity contribution >= 4 is 0 Å². The summed E-state index contributed by atoms with van der Waals surface area (Å²) in [5, 5.41) is 0. The van der Waals surface area contributed by atoms with Crippen LogP contribution >= 0.6 is 0 Å². The molecule has 1 aliphatic carbocycles. The van der Waals surface area contributed by atoms with Gasteiger partial charge in [0, 0.05) is 0 Å². The highest BCUT2D eigenvalue weighted by Gasteiger charge is 2.00. The molecule has 0 aliphatic heterocycles. The third kappa shape index (κ3) is 2.05. The summed E-state index contributed by atoms with van der Waals surface area (Å²) in [5.74, 6) is 0.993. The molecule has 0 spiro atoms. The summed E-state index contributed by atoms with van der Waals surface area (Å²) in [6.45, 7) is 7.47. The van der Waals surface area contributed by atoms with E-state index >= 15 is 0 Å². The van der Waals surface area contributed by atoms with Gasteiger partial charge in [0.2, 0.25) is 0 Å². The monoisotopic (exact) mass is 119 g/mol. The van der Waals surface area contributed by atoms with Crippen LogP contribution in [0, 0.1) is 19.8 Å². The maximum Gasteiger partial charge on any atom is -0.0160 e. The van der Waals surface area contributed by atoms with E-state index in [1.54, 1.807) is 0 Å². The van der Waals surface area contributed by atoms with Crippen molar-refractivity contribution in [2.75, 3.05) is 0 Å². The molecule has 0 heterocycles. The number of rotatable bonds is 2. The molecule has 0 bridgehead atoms. The third-order valence-corrected chi connectivity index (χ3v) is 1.30. The highest BCUT2D eigenvalue weighted by atomic mass is 14.0. The van der Waals surface area contributed by atoms with E-state index in [9.17, 15) is 0 Å². The molecule has 9 heavy (non-hydrogen) atoms. The maximum absolute atomic E-state index is 3.73. The molecule has 0 saturated heterocycles. The lowest BCUT2D eigenvalue weighted by Crippen LogP contribution is -1.84. The summed E-state index contributed by atoms with van der Waals surface area (Å²) in [6, 6.07) is 0. The molecule has 0 aromatic heterocycles. The predicted molar refractivity (Wildman–Crippen MR) is 40.4 cm³/mol. The Balaban J connectivity index is 2.35. The van der Waals surface area contributed by atoms with Crippen molar-refractivity contribution in [2.24, 2.45) is 0 Å². The van der Waals surface area contributed by atoms with Crippen LogP contribution in [0.4, 0.5) is 0 Å². The van der Waals surface area contributed by atoms with E-state index in [1.165, 1.54) is 5.57 Å². The molecule has 0 aromatic rings. The second-order valence-electron chi connectivity index (χ2n) is 2.34. The molecular formula is C9H11. The summed E-state index contributed by atoms with van der Waals surface area (Å²) >= 11 is 0. The van der Waals surface area contributed by atoms with E-state index in [2.05, 4.69) is 32.1 Å². The Morgan fingerprint density at radius 2 is 2.33 bits per heavy atom. The van der Waals surface area contributed by atoms with E-state index in [1.807, 2.05) is 0 Å². The first-order valence-electron chi connectivity index (χ1n) is 3.14. The van der Waals surface area contributed by atoms with Crippen LogP contribution in [0.5, 0.6) is 0 Å². The van der Waals surface area contributed by atoms with Crippen molar-refractivity contribution in [3.05, 3.63) is 43.6 Å². The van der Waals surface area contributed by atoms with Gasteiger partial charge < -0.3 is 0 Å². The molecule has 0 N–H and O–H groups in total. The van der Waals surface area contributed by atoms with Gasteiger partial charge in [-0.1, -0.05) is 23.8 Å². The molecule has 0 unspecified atom stereocenters. The molecule has 0 atom stereocenters. The Kier molecular flexibility index (Phi) is 2.10. The van der Waals surface area contributed by atoms with Gasteiger partial charge in [-0.2, -0.15) is 0 Å². The minimum absolute atomic E-state index is 0.941. The van der Waals surface area contributed by atoms with Gasteiger partial charge in [0.15, 0.2) is 0 Å². The number of allylic oxidation sites excluding steroid dienone is 4. The number of hydrogen-bond donors (Lipinski definition) is 0. The Labute approximate surface area is 57.3 Å². The van der Waals surface area contributed by atoms with Crippen LogP contribution in [-0.4, -0.2) is 0 Å². The summed E-state index contributed by atoms with van der Waals surface area (Å²) in [5.41, 5.74) is 1.36. The van der Waals surface area contributed by atoms with Crippen molar-refractivity contribution in [2.45, 2.75) is 12.8 Å². The van der Waals surface area contributed by atoms with Gasteiger partial charge in [-0.05, 0) is 32.6 Å². The first kappa shape index (κ1) is 6.60. The topological polar surface area (TPSA) is 0 Å². The van der Waals surface area contributed by atoms with Crippen molar-refractivity contribution < 1.29 is 0 Å². The van der Waals surface area contributed by atoms with Crippen LogP contribution < -0.4 is 0 Å². The summed E-state index contributed by atoms with van der Waals surface area (Å²) in [4.78, 5) is 0. The highest BCUT2D eigenvalue weighted by molar-refractivity contribution is 5.29. The van der Waals surface area contributed by atoms with Gasteiger partial charge in [0.1, 0.15) is 0 Å². The van der Waals surface area contributed by atoms with E-state index < -0.39 is 0 Å². The summed E-state index contributed by atoms with van der Waals surface area (Å²) in [6.07, 6.45) is 8.52. The van der Waals surface area contributed by atoms with Crippen LogP contribution in [0.3, 0.4) is 0 Å². The molecule has 0 nitrogen and oxygen atoms in total. The molecule has 47 valence electrons. The van der Waals surface area contributed by atoms with Crippen molar-refractivity contribution in [3.8, 4) is 0 Å². The van der Waals surface area contributed by atoms with Gasteiger partial charge in [-0.15, -0.1) is 0 Å². The van der Waals surface area contributed by atoms with Gasteiger partial charge in [-0.3, -0.25) is 0 Å². The molecule has 0 amide bonds. The van der Waals surface area contributed by atoms with Crippen LogP contribution in [-0.2, 0) is 0 Å². The van der Waals surface area contributed by atoms with Gasteiger partial charge >= 0.3 is 0 Å². The lowest BCUT2D eigenvalue weighted by Gasteiger charge is -2.00. The normalized spacial score (nSPS) is 17.0. The lowest BCUT2D eigenvalue weighted by molar-refractivity contribution is 1.10.